The minimum absolute atomic E-state index is 0.477. The largest absolute Gasteiger partial charge is 0.497 e. The molecule has 3 aromatic rings. The molecule has 1 heterocycles. The maximum absolute atomic E-state index is 5.90. The van der Waals surface area contributed by atoms with Gasteiger partial charge in [0.05, 0.1) is 38.7 Å². The predicted octanol–water partition coefficient (Wildman–Crippen LogP) is 4.03. The number of methoxy groups -OCH3 is 3. The van der Waals surface area contributed by atoms with Crippen LogP contribution in [-0.2, 0) is 0 Å². The molecule has 0 aliphatic carbocycles. The predicted molar refractivity (Wildman–Crippen MR) is 87.0 cm³/mol. The Labute approximate surface area is 134 Å². The summed E-state index contributed by atoms with van der Waals surface area (Å²) >= 11 is 0. The van der Waals surface area contributed by atoms with Crippen molar-refractivity contribution in [2.24, 2.45) is 0 Å². The molecule has 1 aromatic heterocycles. The van der Waals surface area contributed by atoms with E-state index in [0.29, 0.717) is 23.1 Å². The number of oxazole rings is 1. The summed E-state index contributed by atoms with van der Waals surface area (Å²) in [6, 6.07) is 13.1. The van der Waals surface area contributed by atoms with Gasteiger partial charge in [-0.3, -0.25) is 0 Å². The third-order valence-electron chi connectivity index (χ3n) is 3.52. The number of ether oxygens (including phenoxy) is 3. The molecule has 5 nitrogen and oxygen atoms in total. The first-order valence-electron chi connectivity index (χ1n) is 7.08. The zero-order chi connectivity index (χ0) is 16.2. The van der Waals surface area contributed by atoms with Gasteiger partial charge in [0.25, 0.3) is 0 Å². The van der Waals surface area contributed by atoms with Crippen LogP contribution in [0.2, 0.25) is 0 Å². The lowest BCUT2D eigenvalue weighted by Crippen LogP contribution is -1.90. The Balaban J connectivity index is 2.02. The maximum atomic E-state index is 5.90. The zero-order valence-electron chi connectivity index (χ0n) is 13.2. The zero-order valence-corrected chi connectivity index (χ0v) is 13.2. The van der Waals surface area contributed by atoms with Crippen molar-refractivity contribution >= 4 is 0 Å². The highest BCUT2D eigenvalue weighted by atomic mass is 16.5. The summed E-state index contributed by atoms with van der Waals surface area (Å²) in [6.07, 6.45) is 1.68. The fraction of sp³-hybridized carbons (Fsp3) is 0.167. The Morgan fingerprint density at radius 2 is 1.61 bits per heavy atom. The first kappa shape index (κ1) is 15.0. The van der Waals surface area contributed by atoms with E-state index in [-0.39, 0.29) is 0 Å². The van der Waals surface area contributed by atoms with Crippen LogP contribution < -0.4 is 14.2 Å². The van der Waals surface area contributed by atoms with E-state index < -0.39 is 0 Å². The molecule has 0 aliphatic heterocycles. The molecule has 5 heteroatoms. The van der Waals surface area contributed by atoms with Gasteiger partial charge in [-0.1, -0.05) is 12.1 Å². The Morgan fingerprint density at radius 1 is 0.826 bits per heavy atom. The average Bonchev–Trinajstić information content (AvgIpc) is 3.10. The Kier molecular flexibility index (Phi) is 4.19. The fourth-order valence-corrected chi connectivity index (χ4v) is 2.35. The van der Waals surface area contributed by atoms with Gasteiger partial charge in [-0.2, -0.15) is 0 Å². The van der Waals surface area contributed by atoms with Crippen LogP contribution in [0.25, 0.3) is 22.8 Å². The van der Waals surface area contributed by atoms with Crippen LogP contribution in [0.15, 0.2) is 53.1 Å². The Morgan fingerprint density at radius 3 is 2.35 bits per heavy atom. The molecule has 23 heavy (non-hydrogen) atoms. The SMILES string of the molecule is COc1ccc(-c2ncc(-c3ccccc3OC)o2)c(OC)c1. The molecule has 0 aliphatic rings. The highest BCUT2D eigenvalue weighted by Gasteiger charge is 2.15. The normalized spacial score (nSPS) is 10.4. The van der Waals surface area contributed by atoms with E-state index in [1.165, 1.54) is 0 Å². The van der Waals surface area contributed by atoms with E-state index in [2.05, 4.69) is 4.98 Å². The van der Waals surface area contributed by atoms with E-state index in [1.54, 1.807) is 33.6 Å². The van der Waals surface area contributed by atoms with E-state index in [1.807, 2.05) is 36.4 Å². The van der Waals surface area contributed by atoms with Crippen LogP contribution in [0.5, 0.6) is 17.2 Å². The Hall–Kier alpha value is -2.95. The van der Waals surface area contributed by atoms with Crippen LogP contribution in [0.4, 0.5) is 0 Å². The smallest absolute Gasteiger partial charge is 0.230 e. The van der Waals surface area contributed by atoms with E-state index in [9.17, 15) is 0 Å². The topological polar surface area (TPSA) is 53.7 Å². The third kappa shape index (κ3) is 2.85. The first-order chi connectivity index (χ1) is 11.3. The van der Waals surface area contributed by atoms with Gasteiger partial charge in [0.1, 0.15) is 17.2 Å². The second kappa shape index (κ2) is 6.44. The maximum Gasteiger partial charge on any atom is 0.230 e. The van der Waals surface area contributed by atoms with Crippen LogP contribution >= 0.6 is 0 Å². The van der Waals surface area contributed by atoms with Gasteiger partial charge in [-0.25, -0.2) is 4.98 Å². The molecule has 0 bridgehead atoms. The monoisotopic (exact) mass is 311 g/mol. The number of nitrogens with zero attached hydrogens (tertiary/aromatic N) is 1. The number of para-hydroxylation sites is 1. The lowest BCUT2D eigenvalue weighted by atomic mass is 10.1. The number of rotatable bonds is 5. The van der Waals surface area contributed by atoms with Gasteiger partial charge in [0.15, 0.2) is 5.76 Å². The lowest BCUT2D eigenvalue weighted by molar-refractivity contribution is 0.394. The van der Waals surface area contributed by atoms with Crippen LogP contribution in [0.1, 0.15) is 0 Å². The molecule has 0 amide bonds. The molecule has 0 saturated heterocycles. The molecule has 0 fully saturated rings. The van der Waals surface area contributed by atoms with Crippen molar-refractivity contribution in [3.8, 4) is 40.0 Å². The van der Waals surface area contributed by atoms with Gasteiger partial charge in [0, 0.05) is 6.07 Å². The number of benzene rings is 2. The quantitative estimate of drug-likeness (QED) is 0.712. The highest BCUT2D eigenvalue weighted by Crippen LogP contribution is 2.36. The molecular formula is C18H17NO4. The third-order valence-corrected chi connectivity index (χ3v) is 3.52. The van der Waals surface area contributed by atoms with Crippen molar-refractivity contribution < 1.29 is 18.6 Å². The molecule has 0 radical (unpaired) electrons. The van der Waals surface area contributed by atoms with E-state index in [4.69, 9.17) is 18.6 Å². The highest BCUT2D eigenvalue weighted by molar-refractivity contribution is 5.69. The van der Waals surface area contributed by atoms with Crippen LogP contribution in [0.3, 0.4) is 0 Å². The number of aromatic nitrogens is 1. The van der Waals surface area contributed by atoms with Crippen molar-refractivity contribution in [3.05, 3.63) is 48.7 Å². The van der Waals surface area contributed by atoms with Crippen LogP contribution in [0, 0.1) is 0 Å². The van der Waals surface area contributed by atoms with Crippen molar-refractivity contribution in [2.45, 2.75) is 0 Å². The second-order valence-corrected chi connectivity index (χ2v) is 4.80. The number of hydrogen-bond acceptors (Lipinski definition) is 5. The van der Waals surface area contributed by atoms with Crippen LogP contribution in [-0.4, -0.2) is 26.3 Å². The van der Waals surface area contributed by atoms with Crippen molar-refractivity contribution in [3.63, 3.8) is 0 Å². The Bertz CT molecular complexity index is 810. The molecule has 118 valence electrons. The van der Waals surface area contributed by atoms with Gasteiger partial charge in [-0.05, 0) is 24.3 Å². The summed E-state index contributed by atoms with van der Waals surface area (Å²) in [7, 11) is 4.84. The molecule has 0 unspecified atom stereocenters. The van der Waals surface area contributed by atoms with Crippen molar-refractivity contribution in [1.82, 2.24) is 4.98 Å². The first-order valence-corrected chi connectivity index (χ1v) is 7.08. The number of hydrogen-bond donors (Lipinski definition) is 0. The summed E-state index contributed by atoms with van der Waals surface area (Å²) in [5, 5.41) is 0. The molecule has 0 spiro atoms. The second-order valence-electron chi connectivity index (χ2n) is 4.80. The average molecular weight is 311 g/mol. The lowest BCUT2D eigenvalue weighted by Gasteiger charge is -2.08. The molecule has 2 aromatic carbocycles. The summed E-state index contributed by atoms with van der Waals surface area (Å²) < 4.78 is 21.9. The van der Waals surface area contributed by atoms with E-state index in [0.717, 1.165) is 16.9 Å². The van der Waals surface area contributed by atoms with Gasteiger partial charge < -0.3 is 18.6 Å². The minimum Gasteiger partial charge on any atom is -0.497 e. The summed E-state index contributed by atoms with van der Waals surface area (Å²) in [6.45, 7) is 0. The minimum atomic E-state index is 0.477. The summed E-state index contributed by atoms with van der Waals surface area (Å²) in [5.41, 5.74) is 1.61. The van der Waals surface area contributed by atoms with Crippen molar-refractivity contribution in [1.29, 1.82) is 0 Å². The van der Waals surface area contributed by atoms with Crippen molar-refractivity contribution in [2.75, 3.05) is 21.3 Å². The van der Waals surface area contributed by atoms with Gasteiger partial charge >= 0.3 is 0 Å². The summed E-state index contributed by atoms with van der Waals surface area (Å²) in [5.74, 6) is 3.19. The van der Waals surface area contributed by atoms with E-state index >= 15 is 0 Å². The molecule has 3 rings (SSSR count). The molecule has 0 N–H and O–H groups in total. The molecular weight excluding hydrogens is 294 g/mol. The molecule has 0 saturated carbocycles. The summed E-state index contributed by atoms with van der Waals surface area (Å²) in [4.78, 5) is 4.36. The van der Waals surface area contributed by atoms with Gasteiger partial charge in [-0.15, -0.1) is 0 Å². The fourth-order valence-electron chi connectivity index (χ4n) is 2.35. The molecule has 0 atom stereocenters. The van der Waals surface area contributed by atoms with Gasteiger partial charge in [0.2, 0.25) is 5.89 Å². The standard InChI is InChI=1S/C18H17NO4/c1-20-12-8-9-14(16(10-12)22-3)18-19-11-17(23-18)13-6-4-5-7-15(13)21-2/h4-11H,1-3H3.